The Morgan fingerprint density at radius 2 is 2.05 bits per heavy atom. The molecule has 0 bridgehead atoms. The summed E-state index contributed by atoms with van der Waals surface area (Å²) in [5.41, 5.74) is 6.85. The largest absolute Gasteiger partial charge is 0.375 e. The van der Waals surface area contributed by atoms with Crippen LogP contribution in [0.2, 0.25) is 0 Å². The van der Waals surface area contributed by atoms with Gasteiger partial charge in [0, 0.05) is 32.7 Å². The van der Waals surface area contributed by atoms with Gasteiger partial charge in [0.2, 0.25) is 5.91 Å². The SMILES string of the molecule is NCCN(CCc1ccccc1)C(=O)CCOC1CNC1. The van der Waals surface area contributed by atoms with Crippen LogP contribution in [0.1, 0.15) is 12.0 Å². The second-order valence-corrected chi connectivity index (χ2v) is 5.31. The molecule has 116 valence electrons. The zero-order valence-corrected chi connectivity index (χ0v) is 12.5. The molecule has 1 aliphatic heterocycles. The summed E-state index contributed by atoms with van der Waals surface area (Å²) in [4.78, 5) is 14.1. The number of hydrogen-bond acceptors (Lipinski definition) is 4. The molecule has 0 spiro atoms. The van der Waals surface area contributed by atoms with Crippen molar-refractivity contribution in [3.63, 3.8) is 0 Å². The molecule has 0 radical (unpaired) electrons. The summed E-state index contributed by atoms with van der Waals surface area (Å²) in [6.45, 7) is 4.11. The van der Waals surface area contributed by atoms with Crippen LogP contribution in [-0.2, 0) is 16.0 Å². The predicted molar refractivity (Wildman–Crippen MR) is 83.0 cm³/mol. The van der Waals surface area contributed by atoms with Crippen LogP contribution in [0, 0.1) is 0 Å². The van der Waals surface area contributed by atoms with Gasteiger partial charge in [0.05, 0.1) is 19.1 Å². The average molecular weight is 291 g/mol. The average Bonchev–Trinajstić information content (AvgIpc) is 2.47. The van der Waals surface area contributed by atoms with Crippen molar-refractivity contribution < 1.29 is 9.53 Å². The first kappa shape index (κ1) is 15.9. The van der Waals surface area contributed by atoms with E-state index < -0.39 is 0 Å². The number of ether oxygens (including phenoxy) is 1. The van der Waals surface area contributed by atoms with Gasteiger partial charge in [-0.3, -0.25) is 4.79 Å². The number of hydrogen-bond donors (Lipinski definition) is 2. The Morgan fingerprint density at radius 3 is 2.67 bits per heavy atom. The molecule has 1 amide bonds. The van der Waals surface area contributed by atoms with Crippen molar-refractivity contribution in [2.45, 2.75) is 18.9 Å². The molecule has 1 aromatic carbocycles. The lowest BCUT2D eigenvalue weighted by Gasteiger charge is -2.28. The van der Waals surface area contributed by atoms with Gasteiger partial charge in [0.1, 0.15) is 0 Å². The third-order valence-electron chi connectivity index (χ3n) is 3.68. The predicted octanol–water partition coefficient (Wildman–Crippen LogP) is 0.395. The minimum Gasteiger partial charge on any atom is -0.375 e. The van der Waals surface area contributed by atoms with Crippen molar-refractivity contribution in [1.29, 1.82) is 0 Å². The van der Waals surface area contributed by atoms with Gasteiger partial charge in [-0.25, -0.2) is 0 Å². The Kier molecular flexibility index (Phi) is 6.66. The molecule has 0 saturated carbocycles. The number of nitrogens with two attached hydrogens (primary N) is 1. The maximum Gasteiger partial charge on any atom is 0.224 e. The first-order chi connectivity index (χ1) is 10.3. The first-order valence-corrected chi connectivity index (χ1v) is 7.63. The van der Waals surface area contributed by atoms with Gasteiger partial charge in [0.25, 0.3) is 0 Å². The van der Waals surface area contributed by atoms with Crippen molar-refractivity contribution in [1.82, 2.24) is 10.2 Å². The van der Waals surface area contributed by atoms with Crippen LogP contribution in [0.15, 0.2) is 30.3 Å². The standard InChI is InChI=1S/C16H25N3O2/c17-8-10-19(9-6-14-4-2-1-3-5-14)16(20)7-11-21-15-12-18-13-15/h1-5,15,18H,6-13,17H2. The van der Waals surface area contributed by atoms with E-state index in [4.69, 9.17) is 10.5 Å². The summed E-state index contributed by atoms with van der Waals surface area (Å²) in [5, 5.41) is 3.14. The van der Waals surface area contributed by atoms with E-state index in [1.165, 1.54) is 5.56 Å². The molecule has 1 aliphatic rings. The third kappa shape index (κ3) is 5.46. The quantitative estimate of drug-likeness (QED) is 0.691. The van der Waals surface area contributed by atoms with Crippen LogP contribution < -0.4 is 11.1 Å². The number of rotatable bonds is 9. The summed E-state index contributed by atoms with van der Waals surface area (Å²) >= 11 is 0. The first-order valence-electron chi connectivity index (χ1n) is 7.63. The number of benzene rings is 1. The Hall–Kier alpha value is -1.43. The Morgan fingerprint density at radius 1 is 1.29 bits per heavy atom. The fraction of sp³-hybridized carbons (Fsp3) is 0.562. The zero-order chi connectivity index (χ0) is 14.9. The van der Waals surface area contributed by atoms with Gasteiger partial charge < -0.3 is 20.7 Å². The molecule has 1 heterocycles. The van der Waals surface area contributed by atoms with Crippen LogP contribution in [0.4, 0.5) is 0 Å². The van der Waals surface area contributed by atoms with E-state index >= 15 is 0 Å². The minimum atomic E-state index is 0.128. The highest BCUT2D eigenvalue weighted by Crippen LogP contribution is 2.04. The molecule has 2 rings (SSSR count). The fourth-order valence-electron chi connectivity index (χ4n) is 2.28. The molecule has 3 N–H and O–H groups in total. The Balaban J connectivity index is 1.72. The summed E-state index contributed by atoms with van der Waals surface area (Å²) < 4.78 is 5.60. The molecule has 21 heavy (non-hydrogen) atoms. The Labute approximate surface area is 126 Å². The van der Waals surface area contributed by atoms with Crippen LogP contribution in [0.3, 0.4) is 0 Å². The molecular weight excluding hydrogens is 266 g/mol. The smallest absolute Gasteiger partial charge is 0.224 e. The van der Waals surface area contributed by atoms with Crippen molar-refractivity contribution in [2.24, 2.45) is 5.73 Å². The normalized spacial score (nSPS) is 14.7. The molecule has 5 heteroatoms. The lowest BCUT2D eigenvalue weighted by atomic mass is 10.1. The Bertz CT molecular complexity index is 421. The van der Waals surface area contributed by atoms with Gasteiger partial charge in [-0.15, -0.1) is 0 Å². The maximum atomic E-state index is 12.2. The molecule has 1 fully saturated rings. The highest BCUT2D eigenvalue weighted by Gasteiger charge is 2.18. The lowest BCUT2D eigenvalue weighted by Crippen LogP contribution is -2.48. The maximum absolute atomic E-state index is 12.2. The van der Waals surface area contributed by atoms with Gasteiger partial charge in [-0.2, -0.15) is 0 Å². The van der Waals surface area contributed by atoms with Crippen LogP contribution in [-0.4, -0.2) is 56.2 Å². The number of amides is 1. The highest BCUT2D eigenvalue weighted by molar-refractivity contribution is 5.76. The summed E-state index contributed by atoms with van der Waals surface area (Å²) in [5.74, 6) is 0.128. The van der Waals surface area contributed by atoms with Crippen LogP contribution in [0.25, 0.3) is 0 Å². The minimum absolute atomic E-state index is 0.128. The number of nitrogens with zero attached hydrogens (tertiary/aromatic N) is 1. The molecular formula is C16H25N3O2. The molecule has 0 aromatic heterocycles. The van der Waals surface area contributed by atoms with Gasteiger partial charge in [0.15, 0.2) is 0 Å². The van der Waals surface area contributed by atoms with E-state index in [0.29, 0.717) is 32.7 Å². The fourth-order valence-corrected chi connectivity index (χ4v) is 2.28. The molecule has 0 unspecified atom stereocenters. The second-order valence-electron chi connectivity index (χ2n) is 5.31. The topological polar surface area (TPSA) is 67.6 Å². The summed E-state index contributed by atoms with van der Waals surface area (Å²) in [7, 11) is 0. The van der Waals surface area contributed by atoms with Crippen molar-refractivity contribution in [3.05, 3.63) is 35.9 Å². The van der Waals surface area contributed by atoms with Crippen molar-refractivity contribution in [2.75, 3.05) is 39.3 Å². The van der Waals surface area contributed by atoms with Crippen molar-refractivity contribution >= 4 is 5.91 Å². The van der Waals surface area contributed by atoms with E-state index in [1.54, 1.807) is 0 Å². The number of carbonyl (C=O) groups is 1. The van der Waals surface area contributed by atoms with E-state index in [9.17, 15) is 4.79 Å². The summed E-state index contributed by atoms with van der Waals surface area (Å²) in [6, 6.07) is 10.2. The lowest BCUT2D eigenvalue weighted by molar-refractivity contribution is -0.133. The van der Waals surface area contributed by atoms with Gasteiger partial charge in [-0.05, 0) is 12.0 Å². The van der Waals surface area contributed by atoms with Gasteiger partial charge in [-0.1, -0.05) is 30.3 Å². The van der Waals surface area contributed by atoms with E-state index in [-0.39, 0.29) is 12.0 Å². The van der Waals surface area contributed by atoms with Crippen LogP contribution >= 0.6 is 0 Å². The zero-order valence-electron chi connectivity index (χ0n) is 12.5. The molecule has 0 aliphatic carbocycles. The van der Waals surface area contributed by atoms with E-state index in [0.717, 1.165) is 19.5 Å². The highest BCUT2D eigenvalue weighted by atomic mass is 16.5. The molecule has 0 atom stereocenters. The molecule has 1 saturated heterocycles. The van der Waals surface area contributed by atoms with E-state index in [2.05, 4.69) is 17.4 Å². The number of nitrogens with one attached hydrogen (secondary N) is 1. The molecule has 5 nitrogen and oxygen atoms in total. The molecule has 1 aromatic rings. The van der Waals surface area contributed by atoms with Gasteiger partial charge >= 0.3 is 0 Å². The van der Waals surface area contributed by atoms with Crippen LogP contribution in [0.5, 0.6) is 0 Å². The van der Waals surface area contributed by atoms with Crippen molar-refractivity contribution in [3.8, 4) is 0 Å². The van der Waals surface area contributed by atoms with E-state index in [1.807, 2.05) is 23.1 Å². The number of carbonyl (C=O) groups excluding carboxylic acids is 1. The second kappa shape index (κ2) is 8.77. The third-order valence-corrected chi connectivity index (χ3v) is 3.68. The summed E-state index contributed by atoms with van der Waals surface area (Å²) in [6.07, 6.45) is 1.58. The monoisotopic (exact) mass is 291 g/mol.